The Balaban J connectivity index is 2.02. The van der Waals surface area contributed by atoms with Crippen molar-refractivity contribution in [2.24, 2.45) is 5.92 Å². The summed E-state index contributed by atoms with van der Waals surface area (Å²) >= 11 is 0. The Morgan fingerprint density at radius 1 is 1.53 bits per heavy atom. The van der Waals surface area contributed by atoms with E-state index in [0.29, 0.717) is 11.9 Å². The average Bonchev–Trinajstić information content (AvgIpc) is 2.29. The second-order valence-electron chi connectivity index (χ2n) is 4.85. The zero-order valence-electron chi connectivity index (χ0n) is 10.0. The second kappa shape index (κ2) is 5.17. The molecule has 0 bridgehead atoms. The Morgan fingerprint density at radius 3 is 3.06 bits per heavy atom. The highest BCUT2D eigenvalue weighted by Gasteiger charge is 2.19. The molecule has 0 amide bonds. The van der Waals surface area contributed by atoms with E-state index in [1.165, 1.54) is 25.1 Å². The van der Waals surface area contributed by atoms with Crippen LogP contribution in [0.1, 0.15) is 43.0 Å². The molecule has 17 heavy (non-hydrogen) atoms. The number of carboxylic acids is 1. The van der Waals surface area contributed by atoms with Crippen LogP contribution in [-0.4, -0.2) is 22.1 Å². The lowest BCUT2D eigenvalue weighted by Crippen LogP contribution is -2.26. The number of carboxylic acid groups (broad SMARTS) is 1. The quantitative estimate of drug-likeness (QED) is 0.844. The van der Waals surface area contributed by atoms with Gasteiger partial charge in [0.1, 0.15) is 5.82 Å². The normalized spacial score (nSPS) is 24.3. The van der Waals surface area contributed by atoms with Crippen LogP contribution in [0.25, 0.3) is 0 Å². The summed E-state index contributed by atoms with van der Waals surface area (Å²) in [7, 11) is 0. The number of hydrogen-bond donors (Lipinski definition) is 2. The molecule has 4 heteroatoms. The van der Waals surface area contributed by atoms with E-state index in [1.807, 2.05) is 0 Å². The number of carbonyl (C=O) groups is 1. The second-order valence-corrected chi connectivity index (χ2v) is 4.85. The zero-order valence-corrected chi connectivity index (χ0v) is 10.0. The van der Waals surface area contributed by atoms with Gasteiger partial charge in [0.25, 0.3) is 0 Å². The predicted molar refractivity (Wildman–Crippen MR) is 66.2 cm³/mol. The van der Waals surface area contributed by atoms with Gasteiger partial charge in [-0.1, -0.05) is 19.8 Å². The Bertz CT molecular complexity index is 406. The van der Waals surface area contributed by atoms with Crippen molar-refractivity contribution in [3.63, 3.8) is 0 Å². The smallest absolute Gasteiger partial charge is 0.335 e. The Hall–Kier alpha value is -1.58. The monoisotopic (exact) mass is 234 g/mol. The number of nitrogens with zero attached hydrogens (tertiary/aromatic N) is 1. The summed E-state index contributed by atoms with van der Waals surface area (Å²) in [5.74, 6) is 0.500. The first-order valence-corrected chi connectivity index (χ1v) is 6.11. The molecule has 1 saturated carbocycles. The molecule has 1 aromatic rings. The first-order valence-electron chi connectivity index (χ1n) is 6.11. The van der Waals surface area contributed by atoms with Crippen molar-refractivity contribution >= 4 is 11.8 Å². The molecule has 1 aliphatic carbocycles. The number of hydrogen-bond acceptors (Lipinski definition) is 3. The maximum atomic E-state index is 10.8. The van der Waals surface area contributed by atoms with Crippen molar-refractivity contribution in [2.75, 3.05) is 5.32 Å². The molecule has 1 fully saturated rings. The number of rotatable bonds is 3. The maximum Gasteiger partial charge on any atom is 0.335 e. The molecule has 0 aromatic carbocycles. The molecule has 0 saturated heterocycles. The van der Waals surface area contributed by atoms with Crippen molar-refractivity contribution in [1.29, 1.82) is 0 Å². The third kappa shape index (κ3) is 3.19. The molecule has 2 rings (SSSR count). The Labute approximate surface area is 101 Å². The average molecular weight is 234 g/mol. The molecule has 0 spiro atoms. The molecule has 1 aromatic heterocycles. The van der Waals surface area contributed by atoms with Gasteiger partial charge in [-0.25, -0.2) is 9.78 Å². The van der Waals surface area contributed by atoms with E-state index in [2.05, 4.69) is 17.2 Å². The molecular weight excluding hydrogens is 216 g/mol. The molecule has 1 heterocycles. The van der Waals surface area contributed by atoms with Crippen molar-refractivity contribution in [2.45, 2.75) is 38.6 Å². The fraction of sp³-hybridized carbons (Fsp3) is 0.538. The number of pyridine rings is 1. The highest BCUT2D eigenvalue weighted by atomic mass is 16.4. The number of aromatic carboxylic acids is 1. The minimum absolute atomic E-state index is 0.284. The van der Waals surface area contributed by atoms with E-state index in [1.54, 1.807) is 6.07 Å². The fourth-order valence-electron chi connectivity index (χ4n) is 2.42. The molecule has 0 aliphatic heterocycles. The van der Waals surface area contributed by atoms with Crippen molar-refractivity contribution in [1.82, 2.24) is 4.98 Å². The topological polar surface area (TPSA) is 62.2 Å². The molecule has 0 radical (unpaired) electrons. The lowest BCUT2D eigenvalue weighted by atomic mass is 9.87. The van der Waals surface area contributed by atoms with Gasteiger partial charge in [0, 0.05) is 12.2 Å². The van der Waals surface area contributed by atoms with E-state index in [-0.39, 0.29) is 5.56 Å². The SMILES string of the molecule is CC1CCCC(Nc2cc(C(=O)O)ccn2)C1. The largest absolute Gasteiger partial charge is 0.478 e. The van der Waals surface area contributed by atoms with Crippen LogP contribution < -0.4 is 5.32 Å². The van der Waals surface area contributed by atoms with Crippen LogP contribution in [-0.2, 0) is 0 Å². The van der Waals surface area contributed by atoms with E-state index >= 15 is 0 Å². The first kappa shape index (κ1) is 11.9. The van der Waals surface area contributed by atoms with Gasteiger partial charge in [-0.2, -0.15) is 0 Å². The summed E-state index contributed by atoms with van der Waals surface area (Å²) in [6.45, 7) is 2.26. The standard InChI is InChI=1S/C13H18N2O2/c1-9-3-2-4-11(7-9)15-12-8-10(13(16)17)5-6-14-12/h5-6,8-9,11H,2-4,7H2,1H3,(H,14,15)(H,16,17). The Morgan fingerprint density at radius 2 is 2.35 bits per heavy atom. The number of nitrogens with one attached hydrogen (secondary N) is 1. The highest BCUT2D eigenvalue weighted by molar-refractivity contribution is 5.88. The van der Waals surface area contributed by atoms with E-state index in [0.717, 1.165) is 18.8 Å². The van der Waals surface area contributed by atoms with Gasteiger partial charge in [-0.3, -0.25) is 0 Å². The summed E-state index contributed by atoms with van der Waals surface area (Å²) in [4.78, 5) is 15.0. The molecule has 4 nitrogen and oxygen atoms in total. The minimum atomic E-state index is -0.910. The van der Waals surface area contributed by atoms with E-state index in [4.69, 9.17) is 5.11 Å². The van der Waals surface area contributed by atoms with Crippen LogP contribution in [0.15, 0.2) is 18.3 Å². The van der Waals surface area contributed by atoms with Gasteiger partial charge in [0.05, 0.1) is 5.56 Å². The fourth-order valence-corrected chi connectivity index (χ4v) is 2.42. The van der Waals surface area contributed by atoms with Crippen LogP contribution in [0.4, 0.5) is 5.82 Å². The van der Waals surface area contributed by atoms with Gasteiger partial charge in [-0.05, 0) is 30.9 Å². The third-order valence-electron chi connectivity index (χ3n) is 3.30. The highest BCUT2D eigenvalue weighted by Crippen LogP contribution is 2.25. The zero-order chi connectivity index (χ0) is 12.3. The molecule has 92 valence electrons. The molecule has 2 atom stereocenters. The molecule has 1 aliphatic rings. The predicted octanol–water partition coefficient (Wildman–Crippen LogP) is 2.77. The van der Waals surface area contributed by atoms with Gasteiger partial charge < -0.3 is 10.4 Å². The van der Waals surface area contributed by atoms with Gasteiger partial charge in [0.2, 0.25) is 0 Å². The van der Waals surface area contributed by atoms with Crippen molar-refractivity contribution in [3.05, 3.63) is 23.9 Å². The molecule has 2 N–H and O–H groups in total. The number of anilines is 1. The van der Waals surface area contributed by atoms with Crippen LogP contribution in [0, 0.1) is 5.92 Å². The summed E-state index contributed by atoms with van der Waals surface area (Å²) in [6, 6.07) is 3.54. The van der Waals surface area contributed by atoms with Crippen LogP contribution in [0.3, 0.4) is 0 Å². The van der Waals surface area contributed by atoms with Crippen LogP contribution in [0.2, 0.25) is 0 Å². The Kier molecular flexibility index (Phi) is 3.61. The van der Waals surface area contributed by atoms with Gasteiger partial charge >= 0.3 is 5.97 Å². The van der Waals surface area contributed by atoms with Crippen LogP contribution >= 0.6 is 0 Å². The van der Waals surface area contributed by atoms with E-state index in [9.17, 15) is 4.79 Å². The summed E-state index contributed by atoms with van der Waals surface area (Å²) in [6.07, 6.45) is 6.35. The lowest BCUT2D eigenvalue weighted by Gasteiger charge is -2.27. The number of aromatic nitrogens is 1. The summed E-state index contributed by atoms with van der Waals surface area (Å²) < 4.78 is 0. The third-order valence-corrected chi connectivity index (χ3v) is 3.30. The van der Waals surface area contributed by atoms with Crippen molar-refractivity contribution < 1.29 is 9.90 Å². The summed E-state index contributed by atoms with van der Waals surface area (Å²) in [5.41, 5.74) is 0.284. The summed E-state index contributed by atoms with van der Waals surface area (Å²) in [5, 5.41) is 12.2. The maximum absolute atomic E-state index is 10.8. The van der Waals surface area contributed by atoms with Gasteiger partial charge in [0.15, 0.2) is 0 Å². The minimum Gasteiger partial charge on any atom is -0.478 e. The van der Waals surface area contributed by atoms with E-state index < -0.39 is 5.97 Å². The lowest BCUT2D eigenvalue weighted by molar-refractivity contribution is 0.0697. The molecule has 2 unspecified atom stereocenters. The molecular formula is C13H18N2O2. The first-order chi connectivity index (χ1) is 8.15. The van der Waals surface area contributed by atoms with Crippen molar-refractivity contribution in [3.8, 4) is 0 Å². The van der Waals surface area contributed by atoms with Crippen LogP contribution in [0.5, 0.6) is 0 Å². The van der Waals surface area contributed by atoms with Gasteiger partial charge in [-0.15, -0.1) is 0 Å².